The average molecular weight is 258 g/mol. The summed E-state index contributed by atoms with van der Waals surface area (Å²) in [7, 11) is 0. The Kier molecular flexibility index (Phi) is 2.81. The smallest absolute Gasteiger partial charge is 0.164 e. The van der Waals surface area contributed by atoms with Gasteiger partial charge in [0.1, 0.15) is 5.76 Å². The summed E-state index contributed by atoms with van der Waals surface area (Å²) in [5.74, 6) is 1.13. The molecule has 0 amide bonds. The first-order valence-electron chi connectivity index (χ1n) is 6.75. The first-order valence-corrected chi connectivity index (χ1v) is 6.75. The molecule has 0 bridgehead atoms. The minimum atomic E-state index is 0.154. The van der Waals surface area contributed by atoms with E-state index in [-0.39, 0.29) is 11.8 Å². The highest BCUT2D eigenvalue weighted by Gasteiger charge is 2.25. The van der Waals surface area contributed by atoms with Crippen LogP contribution in [-0.4, -0.2) is 15.5 Å². The molecule has 1 unspecified atom stereocenters. The Bertz CT molecular complexity index is 617. The molecule has 1 aliphatic rings. The lowest BCUT2D eigenvalue weighted by Gasteiger charge is -2.20. The summed E-state index contributed by atoms with van der Waals surface area (Å²) >= 11 is 0. The number of hydrogen-bond donors (Lipinski definition) is 0. The minimum absolute atomic E-state index is 0.154. The number of aromatic nitrogens is 2. The molecule has 0 N–H and O–H groups in total. The van der Waals surface area contributed by atoms with Crippen LogP contribution >= 0.6 is 0 Å². The van der Waals surface area contributed by atoms with Crippen molar-refractivity contribution in [1.29, 1.82) is 0 Å². The summed E-state index contributed by atoms with van der Waals surface area (Å²) in [5, 5.41) is 4.02. The number of carbonyl (C=O) groups excluding carboxylic acids is 1. The van der Waals surface area contributed by atoms with Gasteiger partial charge in [-0.1, -0.05) is 5.16 Å². The SMILES string of the molecule is Cc1noc(C)c1C(C)n1ccc2c1CCCC2=O. The van der Waals surface area contributed by atoms with Crippen LogP contribution in [0.3, 0.4) is 0 Å². The first kappa shape index (κ1) is 12.2. The maximum Gasteiger partial charge on any atom is 0.164 e. The molecule has 1 atom stereocenters. The van der Waals surface area contributed by atoms with Crippen LogP contribution < -0.4 is 0 Å². The fourth-order valence-electron chi connectivity index (χ4n) is 3.14. The Labute approximate surface area is 112 Å². The predicted octanol–water partition coefficient (Wildman–Crippen LogP) is 3.22. The van der Waals surface area contributed by atoms with Gasteiger partial charge in [-0.05, 0) is 39.7 Å². The fourth-order valence-corrected chi connectivity index (χ4v) is 3.14. The number of carbonyl (C=O) groups is 1. The van der Waals surface area contributed by atoms with Crippen LogP contribution in [-0.2, 0) is 6.42 Å². The Morgan fingerprint density at radius 2 is 2.16 bits per heavy atom. The van der Waals surface area contributed by atoms with E-state index in [2.05, 4.69) is 16.6 Å². The summed E-state index contributed by atoms with van der Waals surface area (Å²) in [6.07, 6.45) is 4.62. The van der Waals surface area contributed by atoms with Gasteiger partial charge < -0.3 is 9.09 Å². The van der Waals surface area contributed by atoms with Crippen molar-refractivity contribution in [3.8, 4) is 0 Å². The van der Waals surface area contributed by atoms with Crippen molar-refractivity contribution in [2.75, 3.05) is 0 Å². The van der Waals surface area contributed by atoms with Crippen LogP contribution in [0.15, 0.2) is 16.8 Å². The molecule has 2 heterocycles. The van der Waals surface area contributed by atoms with Crippen molar-refractivity contribution in [3.63, 3.8) is 0 Å². The third-order valence-electron chi connectivity index (χ3n) is 4.07. The molecule has 0 fully saturated rings. The molecule has 19 heavy (non-hydrogen) atoms. The van der Waals surface area contributed by atoms with Gasteiger partial charge in [-0.3, -0.25) is 4.79 Å². The maximum absolute atomic E-state index is 11.9. The number of Topliss-reactive ketones (excluding diaryl/α,β-unsaturated/α-hetero) is 1. The van der Waals surface area contributed by atoms with Crippen LogP contribution in [0.4, 0.5) is 0 Å². The Morgan fingerprint density at radius 3 is 2.84 bits per heavy atom. The van der Waals surface area contributed by atoms with Crippen molar-refractivity contribution < 1.29 is 9.32 Å². The zero-order chi connectivity index (χ0) is 13.6. The highest BCUT2D eigenvalue weighted by Crippen LogP contribution is 2.30. The third kappa shape index (κ3) is 1.82. The second kappa shape index (κ2) is 4.37. The Balaban J connectivity index is 2.06. The van der Waals surface area contributed by atoms with Gasteiger partial charge in [0.2, 0.25) is 0 Å². The molecule has 2 aromatic rings. The molecular formula is C15H18N2O2. The number of hydrogen-bond acceptors (Lipinski definition) is 3. The van der Waals surface area contributed by atoms with E-state index in [9.17, 15) is 4.79 Å². The highest BCUT2D eigenvalue weighted by molar-refractivity contribution is 5.98. The number of aryl methyl sites for hydroxylation is 2. The lowest BCUT2D eigenvalue weighted by Crippen LogP contribution is -2.16. The molecule has 0 spiro atoms. The number of rotatable bonds is 2. The van der Waals surface area contributed by atoms with Crippen molar-refractivity contribution in [3.05, 3.63) is 40.5 Å². The number of nitrogens with zero attached hydrogens (tertiary/aromatic N) is 2. The number of fused-ring (bicyclic) bond motifs is 1. The molecule has 0 saturated carbocycles. The molecule has 4 heteroatoms. The van der Waals surface area contributed by atoms with Gasteiger partial charge in [0.05, 0.1) is 11.7 Å². The van der Waals surface area contributed by atoms with E-state index in [1.54, 1.807) is 0 Å². The van der Waals surface area contributed by atoms with E-state index >= 15 is 0 Å². The molecule has 1 aliphatic carbocycles. The van der Waals surface area contributed by atoms with E-state index in [1.165, 1.54) is 0 Å². The van der Waals surface area contributed by atoms with E-state index in [0.29, 0.717) is 6.42 Å². The van der Waals surface area contributed by atoms with Crippen molar-refractivity contribution in [2.45, 2.75) is 46.1 Å². The van der Waals surface area contributed by atoms with Crippen LogP contribution in [0.5, 0.6) is 0 Å². The molecule has 0 aliphatic heterocycles. The van der Waals surface area contributed by atoms with Crippen LogP contribution in [0.2, 0.25) is 0 Å². The average Bonchev–Trinajstić information content (AvgIpc) is 2.94. The standard InChI is InChI=1S/C15H18N2O2/c1-9-15(11(3)19-16-9)10(2)17-8-7-12-13(17)5-4-6-14(12)18/h7-8,10H,4-6H2,1-3H3. The van der Waals surface area contributed by atoms with Gasteiger partial charge in [0.15, 0.2) is 5.78 Å². The quantitative estimate of drug-likeness (QED) is 0.831. The molecule has 0 aromatic carbocycles. The monoisotopic (exact) mass is 258 g/mol. The summed E-state index contributed by atoms with van der Waals surface area (Å²) in [6.45, 7) is 6.03. The lowest BCUT2D eigenvalue weighted by molar-refractivity contribution is 0.0971. The lowest BCUT2D eigenvalue weighted by atomic mass is 9.96. The van der Waals surface area contributed by atoms with Gasteiger partial charge in [-0.2, -0.15) is 0 Å². The van der Waals surface area contributed by atoms with E-state index in [4.69, 9.17) is 4.52 Å². The highest BCUT2D eigenvalue weighted by atomic mass is 16.5. The van der Waals surface area contributed by atoms with Gasteiger partial charge in [0, 0.05) is 29.4 Å². The Hall–Kier alpha value is -1.84. The Morgan fingerprint density at radius 1 is 1.37 bits per heavy atom. The second-order valence-corrected chi connectivity index (χ2v) is 5.27. The molecular weight excluding hydrogens is 240 g/mol. The molecule has 2 aromatic heterocycles. The maximum atomic E-state index is 11.9. The van der Waals surface area contributed by atoms with Crippen LogP contribution in [0.1, 0.15) is 58.9 Å². The van der Waals surface area contributed by atoms with Crippen molar-refractivity contribution in [2.24, 2.45) is 0 Å². The van der Waals surface area contributed by atoms with E-state index in [0.717, 1.165) is 41.1 Å². The largest absolute Gasteiger partial charge is 0.361 e. The fraction of sp³-hybridized carbons (Fsp3) is 0.467. The molecule has 4 nitrogen and oxygen atoms in total. The molecule has 100 valence electrons. The molecule has 0 radical (unpaired) electrons. The normalized spacial score (nSPS) is 16.5. The summed E-state index contributed by atoms with van der Waals surface area (Å²) in [6, 6.07) is 2.10. The third-order valence-corrected chi connectivity index (χ3v) is 4.07. The summed E-state index contributed by atoms with van der Waals surface area (Å²) in [5.41, 5.74) is 4.10. The van der Waals surface area contributed by atoms with Gasteiger partial charge in [-0.25, -0.2) is 0 Å². The van der Waals surface area contributed by atoms with Gasteiger partial charge in [-0.15, -0.1) is 0 Å². The van der Waals surface area contributed by atoms with Crippen LogP contribution in [0, 0.1) is 13.8 Å². The van der Waals surface area contributed by atoms with Crippen LogP contribution in [0.25, 0.3) is 0 Å². The summed E-state index contributed by atoms with van der Waals surface area (Å²) < 4.78 is 7.44. The van der Waals surface area contributed by atoms with Gasteiger partial charge in [0.25, 0.3) is 0 Å². The zero-order valence-electron chi connectivity index (χ0n) is 11.6. The van der Waals surface area contributed by atoms with E-state index in [1.807, 2.05) is 26.1 Å². The topological polar surface area (TPSA) is 48.0 Å². The molecule has 3 rings (SSSR count). The molecule has 0 saturated heterocycles. The predicted molar refractivity (Wildman–Crippen MR) is 71.5 cm³/mol. The number of ketones is 1. The van der Waals surface area contributed by atoms with E-state index < -0.39 is 0 Å². The first-order chi connectivity index (χ1) is 9.09. The minimum Gasteiger partial charge on any atom is -0.361 e. The summed E-state index contributed by atoms with van der Waals surface area (Å²) in [4.78, 5) is 11.9. The zero-order valence-corrected chi connectivity index (χ0v) is 11.6. The second-order valence-electron chi connectivity index (χ2n) is 5.27. The van der Waals surface area contributed by atoms with Gasteiger partial charge >= 0.3 is 0 Å². The van der Waals surface area contributed by atoms with Crippen molar-refractivity contribution >= 4 is 5.78 Å². The van der Waals surface area contributed by atoms with Crippen molar-refractivity contribution in [1.82, 2.24) is 9.72 Å².